The van der Waals surface area contributed by atoms with Crippen molar-refractivity contribution in [3.05, 3.63) is 0 Å². The smallest absolute Gasteiger partial charge is 0 e. The summed E-state index contributed by atoms with van der Waals surface area (Å²) in [6.07, 6.45) is 0. The molecule has 0 aromatic rings. The van der Waals surface area contributed by atoms with E-state index in [1.54, 1.807) is 0 Å². The van der Waals surface area contributed by atoms with Crippen LogP contribution in [0.25, 0.3) is 0 Å². The van der Waals surface area contributed by atoms with Crippen LogP contribution in [0.15, 0.2) is 0 Å². The predicted molar refractivity (Wildman–Crippen MR) is 6.65 cm³/mol. The summed E-state index contributed by atoms with van der Waals surface area (Å²) < 4.78 is 17.0. The summed E-state index contributed by atoms with van der Waals surface area (Å²) in [6, 6.07) is 0. The Morgan fingerprint density at radius 2 is 0.800 bits per heavy atom. The van der Waals surface area contributed by atoms with E-state index in [4.69, 9.17) is 19.7 Å². The molecule has 0 aromatic carbocycles. The Morgan fingerprint density at radius 1 is 0.800 bits per heavy atom. The molecule has 5 heavy (non-hydrogen) atoms. The molecule has 0 atom stereocenters. The summed E-state index contributed by atoms with van der Waals surface area (Å²) in [5.41, 5.74) is 0. The normalized spacial score (nSPS) is 2.40. The van der Waals surface area contributed by atoms with Crippen LogP contribution in [-0.2, 0) is 21.7 Å². The van der Waals surface area contributed by atoms with E-state index < -0.39 is 0 Å². The third-order valence-corrected chi connectivity index (χ3v) is 0. The predicted octanol–water partition coefficient (Wildman–Crippen LogP) is -0.276. The van der Waals surface area contributed by atoms with Crippen LogP contribution in [0.5, 0.6) is 0 Å². The first-order chi connectivity index (χ1) is 2.00. The van der Waals surface area contributed by atoms with Crippen LogP contribution in [0, 0.1) is 0 Å². The monoisotopic (exact) mass is 120 g/mol. The summed E-state index contributed by atoms with van der Waals surface area (Å²) in [5.74, 6) is 0. The molecule has 0 rings (SSSR count). The van der Waals surface area contributed by atoms with Gasteiger partial charge in [-0.2, -0.15) is 0 Å². The Morgan fingerprint density at radius 3 is 0.800 bits per heavy atom. The van der Waals surface area contributed by atoms with Crippen molar-refractivity contribution in [2.24, 2.45) is 0 Å². The molecule has 0 saturated heterocycles. The maximum Gasteiger partial charge on any atom is 0 e. The van der Waals surface area contributed by atoms with E-state index in [1.807, 2.05) is 0 Å². The average molecular weight is 120 g/mol. The van der Waals surface area contributed by atoms with E-state index in [-0.39, 0.29) is 21.7 Å². The summed E-state index contributed by atoms with van der Waals surface area (Å²) in [5, 5.41) is 11.0. The second-order valence-electron chi connectivity index (χ2n) is 0. The average Bonchev–Trinajstić information content (AvgIpc) is 1.50. The van der Waals surface area contributed by atoms with Crippen LogP contribution < -0.4 is 0 Å². The van der Waals surface area contributed by atoms with E-state index >= 15 is 0 Å². The first-order valence-electron chi connectivity index (χ1n) is 0.338. The number of hydrogen-bond acceptors (Lipinski definition) is 2. The van der Waals surface area contributed by atoms with Gasteiger partial charge in [0.2, 0.25) is 0 Å². The van der Waals surface area contributed by atoms with Crippen molar-refractivity contribution in [2.75, 3.05) is 0 Å². The zero-order valence-corrected chi connectivity index (χ0v) is 3.71. The fourth-order valence-electron chi connectivity index (χ4n) is 0. The number of halogens is 2. The molecule has 32 valence electrons. The molecule has 2 N–H and O–H groups in total. The van der Waals surface area contributed by atoms with Gasteiger partial charge in [0, 0.05) is 21.7 Å². The van der Waals surface area contributed by atoms with Gasteiger partial charge < -0.3 is 0 Å². The summed E-state index contributed by atoms with van der Waals surface area (Å²) in [7, 11) is 0. The molecule has 0 amide bonds. The Labute approximate surface area is 42.1 Å². The van der Waals surface area contributed by atoms with Crippen LogP contribution in [0.1, 0.15) is 0 Å². The van der Waals surface area contributed by atoms with E-state index in [0.717, 1.165) is 0 Å². The Kier molecular flexibility index (Phi) is 801. The van der Waals surface area contributed by atoms with Gasteiger partial charge in [-0.25, -0.2) is 10.6 Å². The molecule has 0 radical (unpaired) electrons. The maximum absolute atomic E-state index is 8.50. The standard InChI is InChI=1S/2FHO.Ti/c2*1-2;/h2*2H;. The quantitative estimate of drug-likeness (QED) is 0.431. The van der Waals surface area contributed by atoms with Gasteiger partial charge >= 0.3 is 0 Å². The first kappa shape index (κ1) is 17.8. The molecule has 0 aliphatic carbocycles. The molecule has 0 saturated carbocycles. The van der Waals surface area contributed by atoms with Crippen LogP contribution in [-0.4, -0.2) is 10.6 Å². The fourth-order valence-corrected chi connectivity index (χ4v) is 0. The number of rotatable bonds is 0. The largest absolute Gasteiger partial charge is 0.209 e. The summed E-state index contributed by atoms with van der Waals surface area (Å²) in [4.78, 5) is 0. The van der Waals surface area contributed by atoms with Gasteiger partial charge in [-0.15, -0.1) is 0 Å². The van der Waals surface area contributed by atoms with Crippen LogP contribution in [0.3, 0.4) is 0 Å². The minimum Gasteiger partial charge on any atom is -0.209 e. The van der Waals surface area contributed by atoms with E-state index in [9.17, 15) is 0 Å². The van der Waals surface area contributed by atoms with Crippen molar-refractivity contribution in [3.63, 3.8) is 0 Å². The summed E-state index contributed by atoms with van der Waals surface area (Å²) in [6.45, 7) is 0. The van der Waals surface area contributed by atoms with Gasteiger partial charge in [0.25, 0.3) is 0 Å². The minimum atomic E-state index is 0. The first-order valence-corrected chi connectivity index (χ1v) is 0.338. The van der Waals surface area contributed by atoms with Gasteiger partial charge in [-0.05, 0) is 0 Å². The molecular formula is H2F2O2Ti. The Bertz CT molecular complexity index is 7.61. The van der Waals surface area contributed by atoms with Crippen LogP contribution >= 0.6 is 0 Å². The fraction of sp³-hybridized carbons (Fsp3) is 0. The van der Waals surface area contributed by atoms with Crippen molar-refractivity contribution in [3.8, 4) is 0 Å². The maximum atomic E-state index is 8.50. The zero-order valence-electron chi connectivity index (χ0n) is 2.15. The van der Waals surface area contributed by atoms with Crippen molar-refractivity contribution >= 4 is 0 Å². The Hall–Kier alpha value is 0.494. The molecule has 0 spiro atoms. The van der Waals surface area contributed by atoms with E-state index in [2.05, 4.69) is 0 Å². The second kappa shape index (κ2) is 225. The van der Waals surface area contributed by atoms with E-state index in [1.165, 1.54) is 0 Å². The molecule has 0 bridgehead atoms. The SMILES string of the molecule is OF.OF.[Ti]. The molecule has 0 aliphatic heterocycles. The van der Waals surface area contributed by atoms with Crippen molar-refractivity contribution in [1.82, 2.24) is 0 Å². The minimum absolute atomic E-state index is 0. The topological polar surface area (TPSA) is 40.5 Å². The van der Waals surface area contributed by atoms with Gasteiger partial charge in [0.1, 0.15) is 0 Å². The van der Waals surface area contributed by atoms with Gasteiger partial charge in [0.05, 0.1) is 0 Å². The zero-order chi connectivity index (χ0) is 4.00. The third-order valence-electron chi connectivity index (χ3n) is 0. The summed E-state index contributed by atoms with van der Waals surface area (Å²) >= 11 is 0. The second-order valence-corrected chi connectivity index (χ2v) is 0. The molecule has 0 aliphatic rings. The van der Waals surface area contributed by atoms with Crippen LogP contribution in [0.4, 0.5) is 9.05 Å². The van der Waals surface area contributed by atoms with Crippen molar-refractivity contribution < 1.29 is 41.4 Å². The van der Waals surface area contributed by atoms with Gasteiger partial charge in [-0.3, -0.25) is 0 Å². The van der Waals surface area contributed by atoms with E-state index in [0.29, 0.717) is 0 Å². The molecular weight excluding hydrogens is 118 g/mol. The van der Waals surface area contributed by atoms with Crippen LogP contribution in [0.2, 0.25) is 0 Å². The molecule has 0 unspecified atom stereocenters. The van der Waals surface area contributed by atoms with Gasteiger partial charge in [0.15, 0.2) is 0 Å². The number of hydrogen-bond donors (Lipinski definition) is 2. The molecule has 0 fully saturated rings. The molecule has 0 heterocycles. The van der Waals surface area contributed by atoms with Crippen molar-refractivity contribution in [1.29, 1.82) is 0 Å². The molecule has 5 heteroatoms. The third kappa shape index (κ3) is 114. The Balaban J connectivity index is -0.0000000133. The van der Waals surface area contributed by atoms with Gasteiger partial charge in [-0.1, -0.05) is 9.05 Å². The molecule has 2 nitrogen and oxygen atoms in total. The van der Waals surface area contributed by atoms with Crippen molar-refractivity contribution in [2.45, 2.75) is 0 Å². The molecule has 0 aromatic heterocycles.